The third-order valence-corrected chi connectivity index (χ3v) is 0. The molecule has 0 rings (SSSR count). The van der Waals surface area contributed by atoms with Gasteiger partial charge in [-0.25, -0.2) is 0 Å². The summed E-state index contributed by atoms with van der Waals surface area (Å²) in [5, 5.41) is 0. The van der Waals surface area contributed by atoms with Crippen LogP contribution in [-0.4, -0.2) is 14.3 Å². The van der Waals surface area contributed by atoms with Crippen molar-refractivity contribution in [3.05, 3.63) is 0 Å². The van der Waals surface area contributed by atoms with E-state index in [1.165, 1.54) is 0 Å². The van der Waals surface area contributed by atoms with Gasteiger partial charge in [-0.05, 0) is 0 Å². The third kappa shape index (κ3) is 633. The van der Waals surface area contributed by atoms with Gasteiger partial charge in [-0.15, -0.1) is 0 Å². The quantitative estimate of drug-likeness (QED) is 0.390. The molecule has 5 heavy (non-hydrogen) atoms. The summed E-state index contributed by atoms with van der Waals surface area (Å²) < 4.78 is 0. The molecule has 0 aromatic carbocycles. The molecule has 0 atom stereocenters. The van der Waals surface area contributed by atoms with Gasteiger partial charge in [0, 0.05) is 8.80 Å². The molecule has 0 fully saturated rings. The monoisotopic (exact) mass is 91.1 g/mol. The fourth-order valence-electron chi connectivity index (χ4n) is 0. The molecule has 0 bridgehead atoms. The molecule has 0 aromatic heterocycles. The van der Waals surface area contributed by atoms with E-state index in [0.29, 0.717) is 0 Å². The molecule has 0 spiro atoms. The molecule has 33 valence electrons. The van der Waals surface area contributed by atoms with E-state index in [4.69, 9.17) is 0 Å². The maximum Gasteiger partial charge on any atom is 0.0379 e. The van der Waals surface area contributed by atoms with E-state index in [1.807, 2.05) is 0 Å². The van der Waals surface area contributed by atoms with Crippen molar-refractivity contribution in [1.82, 2.24) is 0 Å². The van der Waals surface area contributed by atoms with Gasteiger partial charge in [0.25, 0.3) is 0 Å². The second kappa shape index (κ2) is 4.18. The molecular formula is C3H11OSi. The van der Waals surface area contributed by atoms with Crippen LogP contribution in [0.25, 0.3) is 0 Å². The first-order valence-corrected chi connectivity index (χ1v) is 4.50. The van der Waals surface area contributed by atoms with E-state index < -0.39 is 0 Å². The number of hydrogen-bond donors (Lipinski definition) is 0. The summed E-state index contributed by atoms with van der Waals surface area (Å²) in [7, 11) is 0.120. The van der Waals surface area contributed by atoms with Crippen LogP contribution in [0.5, 0.6) is 0 Å². The molecule has 0 saturated heterocycles. The van der Waals surface area contributed by atoms with E-state index in [0.717, 1.165) is 0 Å². The Hall–Kier alpha value is 0.177. The lowest BCUT2D eigenvalue weighted by Crippen LogP contribution is -1.84. The summed E-state index contributed by atoms with van der Waals surface area (Å²) in [4.78, 5) is 0. The maximum absolute atomic E-state index is 2.27. The maximum atomic E-state index is 2.27. The summed E-state index contributed by atoms with van der Waals surface area (Å²) in [6.45, 7) is 6.81. The van der Waals surface area contributed by atoms with Gasteiger partial charge in [0.15, 0.2) is 0 Å². The van der Waals surface area contributed by atoms with E-state index in [9.17, 15) is 0 Å². The molecular weight excluding hydrogens is 80.1 g/mol. The van der Waals surface area contributed by atoms with Crippen LogP contribution in [0.1, 0.15) is 0 Å². The van der Waals surface area contributed by atoms with Crippen LogP contribution in [0.4, 0.5) is 0 Å². The predicted molar refractivity (Wildman–Crippen MR) is 27.0 cm³/mol. The Labute approximate surface area is 34.9 Å². The first-order valence-electron chi connectivity index (χ1n) is 1.50. The Bertz CT molecular complexity index is 11.6. The second-order valence-corrected chi connectivity index (χ2v) is 4.50. The van der Waals surface area contributed by atoms with Crippen molar-refractivity contribution in [2.45, 2.75) is 19.6 Å². The van der Waals surface area contributed by atoms with Crippen molar-refractivity contribution in [2.24, 2.45) is 0 Å². The zero-order valence-electron chi connectivity index (χ0n) is 4.00. The Morgan fingerprint density at radius 1 is 1.00 bits per heavy atom. The highest BCUT2D eigenvalue weighted by atomic mass is 28.3. The molecule has 2 N–H and O–H groups in total. The van der Waals surface area contributed by atoms with E-state index in [-0.39, 0.29) is 14.3 Å². The average molecular weight is 91.2 g/mol. The summed E-state index contributed by atoms with van der Waals surface area (Å²) >= 11 is 0. The Morgan fingerprint density at radius 3 is 1.00 bits per heavy atom. The van der Waals surface area contributed by atoms with Gasteiger partial charge in [-0.1, -0.05) is 19.6 Å². The zero-order chi connectivity index (χ0) is 3.58. The van der Waals surface area contributed by atoms with Crippen LogP contribution in [0.3, 0.4) is 0 Å². The lowest BCUT2D eigenvalue weighted by Gasteiger charge is -1.75. The lowest BCUT2D eigenvalue weighted by atomic mass is 11.8. The second-order valence-electron chi connectivity index (χ2n) is 1.50. The smallest absolute Gasteiger partial charge is 0.0379 e. The average Bonchev–Trinajstić information content (AvgIpc) is 0.811. The molecule has 0 aliphatic rings. The standard InChI is InChI=1S/C3H9Si.H2O/c1-4(2)3;/h1-3H3;1H2. The summed E-state index contributed by atoms with van der Waals surface area (Å²) in [5.41, 5.74) is 0. The van der Waals surface area contributed by atoms with Crippen molar-refractivity contribution in [2.75, 3.05) is 0 Å². The van der Waals surface area contributed by atoms with Crippen LogP contribution in [0.2, 0.25) is 19.6 Å². The van der Waals surface area contributed by atoms with E-state index >= 15 is 0 Å². The minimum Gasteiger partial charge on any atom is -0.412 e. The normalized spacial score (nSPS) is 7.20. The first kappa shape index (κ1) is 8.95. The predicted octanol–water partition coefficient (Wildman–Crippen LogP) is 0.546. The number of rotatable bonds is 0. The van der Waals surface area contributed by atoms with Gasteiger partial charge < -0.3 is 5.48 Å². The topological polar surface area (TPSA) is 31.5 Å². The van der Waals surface area contributed by atoms with Gasteiger partial charge in [0.1, 0.15) is 0 Å². The van der Waals surface area contributed by atoms with Crippen molar-refractivity contribution < 1.29 is 5.48 Å². The first-order chi connectivity index (χ1) is 1.73. The van der Waals surface area contributed by atoms with Crippen molar-refractivity contribution in [1.29, 1.82) is 0 Å². The molecule has 0 aliphatic carbocycles. The van der Waals surface area contributed by atoms with Crippen molar-refractivity contribution in [3.63, 3.8) is 0 Å². The Balaban J connectivity index is 0. The van der Waals surface area contributed by atoms with Gasteiger partial charge >= 0.3 is 0 Å². The van der Waals surface area contributed by atoms with Crippen LogP contribution in [0, 0.1) is 0 Å². The molecule has 0 amide bonds. The molecule has 0 unspecified atom stereocenters. The molecule has 1 radical (unpaired) electrons. The highest BCUT2D eigenvalue weighted by Gasteiger charge is 1.72. The van der Waals surface area contributed by atoms with Crippen LogP contribution < -0.4 is 0 Å². The van der Waals surface area contributed by atoms with Gasteiger partial charge in [0.2, 0.25) is 0 Å². The minimum absolute atomic E-state index is 0. The van der Waals surface area contributed by atoms with E-state index in [1.54, 1.807) is 0 Å². The molecule has 0 aromatic rings. The minimum atomic E-state index is 0. The van der Waals surface area contributed by atoms with Gasteiger partial charge in [-0.2, -0.15) is 0 Å². The lowest BCUT2D eigenvalue weighted by molar-refractivity contribution is 0.824. The summed E-state index contributed by atoms with van der Waals surface area (Å²) in [6.07, 6.45) is 0. The van der Waals surface area contributed by atoms with Gasteiger partial charge in [0.05, 0.1) is 0 Å². The SMILES string of the molecule is C[Si](C)C.O. The fourth-order valence-corrected chi connectivity index (χ4v) is 0. The highest BCUT2D eigenvalue weighted by Crippen LogP contribution is 1.68. The fraction of sp³-hybridized carbons (Fsp3) is 1.00. The summed E-state index contributed by atoms with van der Waals surface area (Å²) in [6, 6.07) is 0. The van der Waals surface area contributed by atoms with Crippen molar-refractivity contribution >= 4 is 8.80 Å². The van der Waals surface area contributed by atoms with Crippen LogP contribution in [-0.2, 0) is 0 Å². The molecule has 0 saturated carbocycles. The molecule has 0 aliphatic heterocycles. The molecule has 1 nitrogen and oxygen atoms in total. The largest absolute Gasteiger partial charge is 0.412 e. The molecule has 2 heteroatoms. The Morgan fingerprint density at radius 2 is 1.00 bits per heavy atom. The van der Waals surface area contributed by atoms with Gasteiger partial charge in [-0.3, -0.25) is 0 Å². The third-order valence-electron chi connectivity index (χ3n) is 0. The number of hydrogen-bond acceptors (Lipinski definition) is 0. The Kier molecular flexibility index (Phi) is 7.48. The summed E-state index contributed by atoms with van der Waals surface area (Å²) in [5.74, 6) is 0. The highest BCUT2D eigenvalue weighted by molar-refractivity contribution is 6.54. The van der Waals surface area contributed by atoms with Crippen LogP contribution >= 0.6 is 0 Å². The zero-order valence-corrected chi connectivity index (χ0v) is 5.00. The van der Waals surface area contributed by atoms with Crippen LogP contribution in [0.15, 0.2) is 0 Å². The van der Waals surface area contributed by atoms with E-state index in [2.05, 4.69) is 19.6 Å². The van der Waals surface area contributed by atoms with Crippen molar-refractivity contribution in [3.8, 4) is 0 Å². The molecule has 0 heterocycles.